The number of amides is 3. The van der Waals surface area contributed by atoms with Gasteiger partial charge in [-0.15, -0.1) is 0 Å². The average molecular weight is 378 g/mol. The van der Waals surface area contributed by atoms with Crippen LogP contribution in [0.15, 0.2) is 24.3 Å². The fourth-order valence-corrected chi connectivity index (χ4v) is 4.12. The van der Waals surface area contributed by atoms with E-state index in [4.69, 9.17) is 11.6 Å². The standard InChI is InChI=1S/C20H28ClN3O2/c1-23(2)19(26)24-12-8-15(9-13-24)18(25)22-14-20(10-3-11-20)16-4-6-17(21)7-5-16/h4-7,15H,3,8-14H2,1-2H3,(H,22,25). The molecule has 2 fully saturated rings. The van der Waals surface area contributed by atoms with Crippen molar-refractivity contribution in [2.75, 3.05) is 33.7 Å². The number of hydrogen-bond acceptors (Lipinski definition) is 2. The van der Waals surface area contributed by atoms with E-state index in [-0.39, 0.29) is 23.3 Å². The Morgan fingerprint density at radius 3 is 2.31 bits per heavy atom. The van der Waals surface area contributed by atoms with Crippen LogP contribution in [0.5, 0.6) is 0 Å². The van der Waals surface area contributed by atoms with Gasteiger partial charge in [-0.2, -0.15) is 0 Å². The second-order valence-corrected chi connectivity index (χ2v) is 8.23. The SMILES string of the molecule is CN(C)C(=O)N1CCC(C(=O)NCC2(c3ccc(Cl)cc3)CCC2)CC1. The highest BCUT2D eigenvalue weighted by molar-refractivity contribution is 6.30. The molecule has 0 aromatic heterocycles. The highest BCUT2D eigenvalue weighted by Gasteiger charge is 2.39. The Morgan fingerprint density at radius 1 is 1.19 bits per heavy atom. The Bertz CT molecular complexity index is 648. The zero-order valence-corrected chi connectivity index (χ0v) is 16.4. The van der Waals surface area contributed by atoms with Crippen molar-refractivity contribution < 1.29 is 9.59 Å². The zero-order valence-electron chi connectivity index (χ0n) is 15.6. The Labute approximate surface area is 160 Å². The molecule has 0 bridgehead atoms. The Balaban J connectivity index is 1.52. The van der Waals surface area contributed by atoms with E-state index < -0.39 is 0 Å². The maximum atomic E-state index is 12.6. The number of halogens is 1. The lowest BCUT2D eigenvalue weighted by Crippen LogP contribution is -2.49. The second kappa shape index (κ2) is 7.87. The van der Waals surface area contributed by atoms with Crippen LogP contribution in [0.4, 0.5) is 4.79 Å². The summed E-state index contributed by atoms with van der Waals surface area (Å²) in [7, 11) is 3.52. The zero-order chi connectivity index (χ0) is 18.7. The topological polar surface area (TPSA) is 52.7 Å². The first-order valence-electron chi connectivity index (χ1n) is 9.41. The molecular weight excluding hydrogens is 350 g/mol. The minimum absolute atomic E-state index is 0.00329. The van der Waals surface area contributed by atoms with Crippen LogP contribution in [0, 0.1) is 5.92 Å². The third-order valence-electron chi connectivity index (χ3n) is 5.89. The molecule has 26 heavy (non-hydrogen) atoms. The van der Waals surface area contributed by atoms with Gasteiger partial charge in [0.2, 0.25) is 5.91 Å². The van der Waals surface area contributed by atoms with Crippen molar-refractivity contribution >= 4 is 23.5 Å². The van der Waals surface area contributed by atoms with Crippen LogP contribution in [0.25, 0.3) is 0 Å². The molecule has 1 heterocycles. The molecular formula is C20H28ClN3O2. The summed E-state index contributed by atoms with van der Waals surface area (Å²) in [5.74, 6) is 0.130. The van der Waals surface area contributed by atoms with Gasteiger partial charge in [-0.25, -0.2) is 4.79 Å². The molecule has 0 spiro atoms. The highest BCUT2D eigenvalue weighted by atomic mass is 35.5. The lowest BCUT2D eigenvalue weighted by atomic mass is 9.64. The van der Waals surface area contributed by atoms with Gasteiger partial charge < -0.3 is 15.1 Å². The van der Waals surface area contributed by atoms with Crippen molar-refractivity contribution in [2.45, 2.75) is 37.5 Å². The molecule has 1 aliphatic carbocycles. The van der Waals surface area contributed by atoms with E-state index in [1.807, 2.05) is 17.0 Å². The Morgan fingerprint density at radius 2 is 1.81 bits per heavy atom. The summed E-state index contributed by atoms with van der Waals surface area (Å²) in [6.45, 7) is 1.99. The molecule has 1 saturated heterocycles. The Hall–Kier alpha value is -1.75. The summed E-state index contributed by atoms with van der Waals surface area (Å²) in [6, 6.07) is 8.05. The van der Waals surface area contributed by atoms with Crippen LogP contribution in [0.2, 0.25) is 5.02 Å². The van der Waals surface area contributed by atoms with Crippen LogP contribution in [0.3, 0.4) is 0 Å². The van der Waals surface area contributed by atoms with Crippen LogP contribution in [0.1, 0.15) is 37.7 Å². The number of carbonyl (C=O) groups is 2. The minimum atomic E-state index is 0.00329. The van der Waals surface area contributed by atoms with E-state index in [9.17, 15) is 9.59 Å². The van der Waals surface area contributed by atoms with Crippen molar-refractivity contribution in [1.29, 1.82) is 0 Å². The van der Waals surface area contributed by atoms with Crippen LogP contribution in [-0.4, -0.2) is 55.5 Å². The van der Waals surface area contributed by atoms with E-state index in [0.29, 0.717) is 19.6 Å². The molecule has 3 amide bonds. The molecule has 0 radical (unpaired) electrons. The number of nitrogens with zero attached hydrogens (tertiary/aromatic N) is 2. The van der Waals surface area contributed by atoms with Crippen molar-refractivity contribution in [2.24, 2.45) is 5.92 Å². The third-order valence-corrected chi connectivity index (χ3v) is 6.14. The van der Waals surface area contributed by atoms with Crippen LogP contribution >= 0.6 is 11.6 Å². The van der Waals surface area contributed by atoms with Gasteiger partial charge in [-0.05, 0) is 43.4 Å². The number of likely N-dealkylation sites (tertiary alicyclic amines) is 1. The van der Waals surface area contributed by atoms with Crippen molar-refractivity contribution in [3.8, 4) is 0 Å². The summed E-state index contributed by atoms with van der Waals surface area (Å²) < 4.78 is 0. The maximum absolute atomic E-state index is 12.6. The first-order chi connectivity index (χ1) is 12.4. The summed E-state index contributed by atoms with van der Waals surface area (Å²) in [5, 5.41) is 3.93. The van der Waals surface area contributed by atoms with E-state index in [2.05, 4.69) is 17.4 Å². The number of urea groups is 1. The van der Waals surface area contributed by atoms with Gasteiger partial charge in [0, 0.05) is 50.1 Å². The highest BCUT2D eigenvalue weighted by Crippen LogP contribution is 2.43. The first-order valence-corrected chi connectivity index (χ1v) is 9.79. The van der Waals surface area contributed by atoms with Gasteiger partial charge in [0.1, 0.15) is 0 Å². The minimum Gasteiger partial charge on any atom is -0.355 e. The Kier molecular flexibility index (Phi) is 5.76. The second-order valence-electron chi connectivity index (χ2n) is 7.80. The molecule has 3 rings (SSSR count). The van der Waals surface area contributed by atoms with Gasteiger partial charge in [0.05, 0.1) is 0 Å². The van der Waals surface area contributed by atoms with E-state index in [0.717, 1.165) is 30.7 Å². The molecule has 1 N–H and O–H groups in total. The molecule has 0 atom stereocenters. The van der Waals surface area contributed by atoms with E-state index in [1.165, 1.54) is 12.0 Å². The fraction of sp³-hybridized carbons (Fsp3) is 0.600. The summed E-state index contributed by atoms with van der Waals surface area (Å²) in [6.07, 6.45) is 4.87. The monoisotopic (exact) mass is 377 g/mol. The lowest BCUT2D eigenvalue weighted by Gasteiger charge is -2.43. The lowest BCUT2D eigenvalue weighted by molar-refractivity contribution is -0.126. The summed E-state index contributed by atoms with van der Waals surface area (Å²) >= 11 is 6.00. The van der Waals surface area contributed by atoms with Gasteiger partial charge in [0.25, 0.3) is 0 Å². The summed E-state index contributed by atoms with van der Waals surface area (Å²) in [5.41, 5.74) is 1.32. The smallest absolute Gasteiger partial charge is 0.319 e. The summed E-state index contributed by atoms with van der Waals surface area (Å²) in [4.78, 5) is 28.0. The normalized spacial score (nSPS) is 19.6. The van der Waals surface area contributed by atoms with Gasteiger partial charge in [-0.1, -0.05) is 30.2 Å². The van der Waals surface area contributed by atoms with Crippen LogP contribution in [-0.2, 0) is 10.2 Å². The average Bonchev–Trinajstić information content (AvgIpc) is 2.61. The number of rotatable bonds is 4. The van der Waals surface area contributed by atoms with E-state index in [1.54, 1.807) is 19.0 Å². The quantitative estimate of drug-likeness (QED) is 0.875. The van der Waals surface area contributed by atoms with Gasteiger partial charge >= 0.3 is 6.03 Å². The number of piperidine rings is 1. The first kappa shape index (κ1) is 19.0. The maximum Gasteiger partial charge on any atom is 0.319 e. The molecule has 1 aromatic rings. The molecule has 0 unspecified atom stereocenters. The number of nitrogens with one attached hydrogen (secondary N) is 1. The fourth-order valence-electron chi connectivity index (χ4n) is 3.99. The van der Waals surface area contributed by atoms with Crippen molar-refractivity contribution in [1.82, 2.24) is 15.1 Å². The number of hydrogen-bond donors (Lipinski definition) is 1. The molecule has 5 nitrogen and oxygen atoms in total. The number of carbonyl (C=O) groups excluding carboxylic acids is 2. The number of benzene rings is 1. The predicted molar refractivity (Wildman–Crippen MR) is 103 cm³/mol. The van der Waals surface area contributed by atoms with Gasteiger partial charge in [-0.3, -0.25) is 4.79 Å². The van der Waals surface area contributed by atoms with Crippen LogP contribution < -0.4 is 5.32 Å². The molecule has 6 heteroatoms. The largest absolute Gasteiger partial charge is 0.355 e. The third kappa shape index (κ3) is 3.98. The molecule has 1 aromatic carbocycles. The van der Waals surface area contributed by atoms with Crippen molar-refractivity contribution in [3.63, 3.8) is 0 Å². The van der Waals surface area contributed by atoms with E-state index >= 15 is 0 Å². The molecule has 1 aliphatic heterocycles. The predicted octanol–water partition coefficient (Wildman–Crippen LogP) is 3.27. The van der Waals surface area contributed by atoms with Gasteiger partial charge in [0.15, 0.2) is 0 Å². The molecule has 2 aliphatic rings. The van der Waals surface area contributed by atoms with Crippen molar-refractivity contribution in [3.05, 3.63) is 34.9 Å². The molecule has 1 saturated carbocycles. The molecule has 142 valence electrons.